The van der Waals surface area contributed by atoms with E-state index in [1.807, 2.05) is 6.92 Å². The fourth-order valence-corrected chi connectivity index (χ4v) is 2.16. The molecule has 0 aliphatic heterocycles. The van der Waals surface area contributed by atoms with E-state index in [0.717, 1.165) is 4.57 Å². The minimum Gasteiger partial charge on any atom is -0.439 e. The summed E-state index contributed by atoms with van der Waals surface area (Å²) in [6.07, 6.45) is 1.48. The number of aromatic nitrogens is 3. The summed E-state index contributed by atoms with van der Waals surface area (Å²) in [5.41, 5.74) is 6.59. The summed E-state index contributed by atoms with van der Waals surface area (Å²) in [6.45, 7) is 2.29. The van der Waals surface area contributed by atoms with Crippen LogP contribution in [0.3, 0.4) is 0 Å². The molecule has 7 nitrogen and oxygen atoms in total. The number of benzene rings is 1. The molecule has 0 bridgehead atoms. The van der Waals surface area contributed by atoms with Crippen LogP contribution in [-0.2, 0) is 13.1 Å². The van der Waals surface area contributed by atoms with Gasteiger partial charge >= 0.3 is 5.69 Å². The third-order valence-electron chi connectivity index (χ3n) is 3.27. The van der Waals surface area contributed by atoms with E-state index in [4.69, 9.17) is 10.2 Å². The molecule has 0 spiro atoms. The predicted molar refractivity (Wildman–Crippen MR) is 78.2 cm³/mol. The molecule has 0 fully saturated rings. The van der Waals surface area contributed by atoms with Gasteiger partial charge in [0.1, 0.15) is 12.1 Å². The smallest absolute Gasteiger partial charge is 0.331 e. The fourth-order valence-electron chi connectivity index (χ4n) is 2.16. The number of nitrogen functional groups attached to an aromatic ring is 1. The molecule has 0 radical (unpaired) electrons. The fraction of sp³-hybridized carbons (Fsp3) is 0.214. The second-order valence-electron chi connectivity index (χ2n) is 4.61. The summed E-state index contributed by atoms with van der Waals surface area (Å²) in [5, 5.41) is 0. The van der Waals surface area contributed by atoms with Crippen molar-refractivity contribution in [3.63, 3.8) is 0 Å². The van der Waals surface area contributed by atoms with Gasteiger partial charge < -0.3 is 14.7 Å². The average Bonchev–Trinajstić information content (AvgIpc) is 2.88. The van der Waals surface area contributed by atoms with Gasteiger partial charge in [-0.1, -0.05) is 6.07 Å². The lowest BCUT2D eigenvalue weighted by atomic mass is 10.3. The summed E-state index contributed by atoms with van der Waals surface area (Å²) in [5.74, 6) is 0.274. The number of rotatable bonds is 3. The minimum absolute atomic E-state index is 0.0212. The molecule has 0 atom stereocenters. The Morgan fingerprint density at radius 3 is 2.81 bits per heavy atom. The number of oxazole rings is 1. The Morgan fingerprint density at radius 2 is 2.10 bits per heavy atom. The summed E-state index contributed by atoms with van der Waals surface area (Å²) in [7, 11) is 0. The third kappa shape index (κ3) is 2.22. The molecule has 2 aromatic heterocycles. The summed E-state index contributed by atoms with van der Waals surface area (Å²) in [6, 6.07) is 6.56. The molecule has 1 aromatic carbocycles. The van der Waals surface area contributed by atoms with Crippen molar-refractivity contribution in [3.8, 4) is 0 Å². The van der Waals surface area contributed by atoms with Gasteiger partial charge in [0.25, 0.3) is 5.56 Å². The number of hydrogen-bond donors (Lipinski definition) is 1. The number of anilines is 1. The molecule has 2 heterocycles. The first-order valence-corrected chi connectivity index (χ1v) is 6.54. The van der Waals surface area contributed by atoms with Gasteiger partial charge in [-0.25, -0.2) is 9.78 Å². The molecule has 3 rings (SSSR count). The van der Waals surface area contributed by atoms with Gasteiger partial charge in [-0.15, -0.1) is 0 Å². The van der Waals surface area contributed by atoms with Crippen LogP contribution in [-0.4, -0.2) is 14.1 Å². The molecular formula is C14H14N4O3. The van der Waals surface area contributed by atoms with Crippen LogP contribution >= 0.6 is 0 Å². The van der Waals surface area contributed by atoms with E-state index in [1.165, 1.54) is 16.8 Å². The van der Waals surface area contributed by atoms with E-state index in [9.17, 15) is 9.59 Å². The van der Waals surface area contributed by atoms with Crippen molar-refractivity contribution in [1.29, 1.82) is 0 Å². The van der Waals surface area contributed by atoms with Gasteiger partial charge in [0.05, 0.1) is 5.69 Å². The highest BCUT2D eigenvalue weighted by atomic mass is 16.3. The molecule has 0 unspecified atom stereocenters. The van der Waals surface area contributed by atoms with Crippen LogP contribution in [0, 0.1) is 0 Å². The van der Waals surface area contributed by atoms with Gasteiger partial charge in [-0.2, -0.15) is 0 Å². The number of nitrogens with two attached hydrogens (primary N) is 1. The number of para-hydroxylation sites is 1. The summed E-state index contributed by atoms with van der Waals surface area (Å²) in [4.78, 5) is 28.2. The first kappa shape index (κ1) is 13.2. The second-order valence-corrected chi connectivity index (χ2v) is 4.61. The van der Waals surface area contributed by atoms with Gasteiger partial charge in [0.2, 0.25) is 5.89 Å². The van der Waals surface area contributed by atoms with Crippen LogP contribution in [0.1, 0.15) is 12.8 Å². The average molecular weight is 286 g/mol. The highest BCUT2D eigenvalue weighted by Gasteiger charge is 2.11. The molecule has 7 heteroatoms. The van der Waals surface area contributed by atoms with Crippen molar-refractivity contribution in [1.82, 2.24) is 14.1 Å². The Balaban J connectivity index is 2.09. The molecule has 0 saturated carbocycles. The highest BCUT2D eigenvalue weighted by Crippen LogP contribution is 2.21. The highest BCUT2D eigenvalue weighted by molar-refractivity contribution is 5.85. The van der Waals surface area contributed by atoms with E-state index in [1.54, 1.807) is 18.2 Å². The predicted octanol–water partition coefficient (Wildman–Crippen LogP) is 0.802. The quantitative estimate of drug-likeness (QED) is 0.718. The maximum Gasteiger partial charge on any atom is 0.331 e. The van der Waals surface area contributed by atoms with Crippen molar-refractivity contribution in [2.24, 2.45) is 0 Å². The maximum absolute atomic E-state index is 12.1. The number of fused-ring (bicyclic) bond motifs is 1. The number of hydrogen-bond acceptors (Lipinski definition) is 5. The molecular weight excluding hydrogens is 272 g/mol. The van der Waals surface area contributed by atoms with Crippen LogP contribution in [0.15, 0.2) is 44.5 Å². The van der Waals surface area contributed by atoms with E-state index in [-0.39, 0.29) is 23.7 Å². The molecule has 0 aliphatic carbocycles. The largest absolute Gasteiger partial charge is 0.439 e. The first-order valence-electron chi connectivity index (χ1n) is 6.54. The van der Waals surface area contributed by atoms with Crippen molar-refractivity contribution < 1.29 is 4.42 Å². The third-order valence-corrected chi connectivity index (χ3v) is 3.27. The Morgan fingerprint density at radius 1 is 1.29 bits per heavy atom. The molecule has 0 saturated heterocycles. The van der Waals surface area contributed by atoms with Gasteiger partial charge in [0, 0.05) is 18.8 Å². The lowest BCUT2D eigenvalue weighted by molar-refractivity contribution is 0.485. The van der Waals surface area contributed by atoms with Gasteiger partial charge in [-0.05, 0) is 19.1 Å². The van der Waals surface area contributed by atoms with Crippen LogP contribution in [0.4, 0.5) is 5.69 Å². The van der Waals surface area contributed by atoms with Crippen LogP contribution in [0.5, 0.6) is 0 Å². The van der Waals surface area contributed by atoms with E-state index in [2.05, 4.69) is 4.98 Å². The maximum atomic E-state index is 12.1. The zero-order valence-corrected chi connectivity index (χ0v) is 11.4. The minimum atomic E-state index is -0.389. The summed E-state index contributed by atoms with van der Waals surface area (Å²) >= 11 is 0. The summed E-state index contributed by atoms with van der Waals surface area (Å²) < 4.78 is 8.07. The van der Waals surface area contributed by atoms with E-state index in [0.29, 0.717) is 23.3 Å². The topological polar surface area (TPSA) is 96.1 Å². The molecule has 0 aliphatic rings. The molecule has 0 amide bonds. The van der Waals surface area contributed by atoms with E-state index < -0.39 is 0 Å². The normalized spacial score (nSPS) is 11.1. The van der Waals surface area contributed by atoms with Gasteiger partial charge in [-0.3, -0.25) is 9.36 Å². The van der Waals surface area contributed by atoms with E-state index >= 15 is 0 Å². The lowest BCUT2D eigenvalue weighted by Crippen LogP contribution is -2.39. The van der Waals surface area contributed by atoms with Crippen LogP contribution in [0.2, 0.25) is 0 Å². The van der Waals surface area contributed by atoms with Crippen LogP contribution in [0.25, 0.3) is 11.1 Å². The Kier molecular flexibility index (Phi) is 3.09. The Labute approximate surface area is 119 Å². The van der Waals surface area contributed by atoms with Crippen molar-refractivity contribution in [2.45, 2.75) is 20.0 Å². The number of aryl methyl sites for hydroxylation is 1. The Hall–Kier alpha value is -2.83. The molecule has 2 N–H and O–H groups in total. The lowest BCUT2D eigenvalue weighted by Gasteiger charge is -2.05. The second kappa shape index (κ2) is 4.93. The first-order chi connectivity index (χ1) is 10.1. The van der Waals surface area contributed by atoms with Crippen LogP contribution < -0.4 is 17.0 Å². The monoisotopic (exact) mass is 286 g/mol. The zero-order chi connectivity index (χ0) is 15.0. The molecule has 21 heavy (non-hydrogen) atoms. The standard InChI is InChI=1S/C14H14N4O3/c1-2-17-7-6-12(19)18(14(17)20)8-11-16-13-9(15)4-3-5-10(13)21-11/h3-7H,2,8,15H2,1H3. The van der Waals surface area contributed by atoms with Crippen molar-refractivity contribution in [3.05, 3.63) is 57.2 Å². The zero-order valence-electron chi connectivity index (χ0n) is 11.4. The molecule has 3 aromatic rings. The van der Waals surface area contributed by atoms with Crippen molar-refractivity contribution >= 4 is 16.8 Å². The van der Waals surface area contributed by atoms with Crippen molar-refractivity contribution in [2.75, 3.05) is 5.73 Å². The SMILES string of the molecule is CCn1ccc(=O)n(Cc2nc3c(N)cccc3o2)c1=O. The van der Waals surface area contributed by atoms with Gasteiger partial charge in [0.15, 0.2) is 5.58 Å². The number of nitrogens with zero attached hydrogens (tertiary/aromatic N) is 3. The molecule has 108 valence electrons. The Bertz CT molecular complexity index is 920.